The van der Waals surface area contributed by atoms with E-state index in [2.05, 4.69) is 10.4 Å². The third-order valence-corrected chi connectivity index (χ3v) is 1.11. The summed E-state index contributed by atoms with van der Waals surface area (Å²) in [6.07, 6.45) is 0. The summed E-state index contributed by atoms with van der Waals surface area (Å²) in [5, 5.41) is 10.7. The summed E-state index contributed by atoms with van der Waals surface area (Å²) in [4.78, 5) is 13.5. The number of carboxylic acid groups (broad SMARTS) is 1. The van der Waals surface area contributed by atoms with Crippen molar-refractivity contribution < 1.29 is 9.90 Å². The predicted octanol–water partition coefficient (Wildman–Crippen LogP) is 0.641. The smallest absolute Gasteiger partial charge is 0.356 e. The van der Waals surface area contributed by atoms with Gasteiger partial charge in [0.1, 0.15) is 0 Å². The molecule has 1 radical (unpaired) electrons. The van der Waals surface area contributed by atoms with Gasteiger partial charge in [-0.15, -0.1) is 11.3 Å². The number of nitrogens with zero attached hydrogens (tertiary/aromatic N) is 1. The van der Waals surface area contributed by atoms with Crippen LogP contribution in [0.15, 0.2) is 5.51 Å². The van der Waals surface area contributed by atoms with E-state index in [4.69, 9.17) is 5.11 Å². The monoisotopic (exact) mass is 128 g/mol. The molecule has 8 heavy (non-hydrogen) atoms. The van der Waals surface area contributed by atoms with Gasteiger partial charge in [-0.05, 0) is 0 Å². The lowest BCUT2D eigenvalue weighted by Crippen LogP contribution is -1.94. The number of aromatic carboxylic acids is 1. The second-order valence-corrected chi connectivity index (χ2v) is 1.76. The van der Waals surface area contributed by atoms with Gasteiger partial charge in [0.05, 0.1) is 10.9 Å². The normalized spacial score (nSPS) is 9.00. The van der Waals surface area contributed by atoms with E-state index in [1.54, 1.807) is 0 Å². The highest BCUT2D eigenvalue weighted by Crippen LogP contribution is 1.97. The lowest BCUT2D eigenvalue weighted by atomic mass is 10.5. The van der Waals surface area contributed by atoms with Gasteiger partial charge in [-0.2, -0.15) is 0 Å². The van der Waals surface area contributed by atoms with Crippen LogP contribution in [0.2, 0.25) is 0 Å². The highest BCUT2D eigenvalue weighted by molar-refractivity contribution is 7.07. The SMILES string of the molecule is O=C(O)c1[c]scn1. The Morgan fingerprint density at radius 1 is 2.00 bits per heavy atom. The molecule has 1 aromatic rings. The van der Waals surface area contributed by atoms with Gasteiger partial charge >= 0.3 is 5.97 Å². The van der Waals surface area contributed by atoms with Crippen molar-refractivity contribution in [1.82, 2.24) is 4.98 Å². The summed E-state index contributed by atoms with van der Waals surface area (Å²) in [7, 11) is 0. The number of carbonyl (C=O) groups is 1. The number of thiazole rings is 1. The van der Waals surface area contributed by atoms with E-state index in [1.807, 2.05) is 0 Å². The Bertz CT molecular complexity index is 182. The molecule has 0 aliphatic rings. The molecule has 0 aliphatic heterocycles. The number of hydrogen-bond acceptors (Lipinski definition) is 3. The lowest BCUT2D eigenvalue weighted by molar-refractivity contribution is 0.0691. The van der Waals surface area contributed by atoms with Crippen LogP contribution in [-0.4, -0.2) is 16.1 Å². The fourth-order valence-electron chi connectivity index (χ4n) is 0.286. The molecule has 0 aromatic carbocycles. The van der Waals surface area contributed by atoms with Gasteiger partial charge in [-0.3, -0.25) is 0 Å². The van der Waals surface area contributed by atoms with Crippen LogP contribution in [0.4, 0.5) is 0 Å². The molecule has 0 bridgehead atoms. The van der Waals surface area contributed by atoms with Crippen molar-refractivity contribution in [2.45, 2.75) is 0 Å². The quantitative estimate of drug-likeness (QED) is 0.603. The second-order valence-electron chi connectivity index (χ2n) is 1.11. The molecule has 3 nitrogen and oxygen atoms in total. The van der Waals surface area contributed by atoms with Gasteiger partial charge in [-0.1, -0.05) is 0 Å². The third-order valence-electron chi connectivity index (χ3n) is 0.593. The summed E-state index contributed by atoms with van der Waals surface area (Å²) in [6, 6.07) is 0. The van der Waals surface area contributed by atoms with Gasteiger partial charge in [-0.25, -0.2) is 9.78 Å². The molecule has 0 spiro atoms. The molecule has 4 heteroatoms. The van der Waals surface area contributed by atoms with Crippen LogP contribution in [0.25, 0.3) is 0 Å². The standard InChI is InChI=1S/C4H2NO2S/c6-4(7)3-1-8-2-5-3/h2H,(H,6,7). The van der Waals surface area contributed by atoms with Gasteiger partial charge in [0.25, 0.3) is 0 Å². The Labute approximate surface area is 49.6 Å². The third kappa shape index (κ3) is 0.840. The lowest BCUT2D eigenvalue weighted by Gasteiger charge is -1.76. The molecule has 1 N–H and O–H groups in total. The average Bonchev–Trinajstić information content (AvgIpc) is 2.12. The minimum Gasteiger partial charge on any atom is -0.476 e. The molecule has 1 aromatic heterocycles. The zero-order valence-electron chi connectivity index (χ0n) is 3.79. The minimum atomic E-state index is -1.02. The summed E-state index contributed by atoms with van der Waals surface area (Å²) in [5.41, 5.74) is 1.43. The van der Waals surface area contributed by atoms with E-state index in [0.717, 1.165) is 11.3 Å². The predicted molar refractivity (Wildman–Crippen MR) is 27.9 cm³/mol. The first-order valence-electron chi connectivity index (χ1n) is 1.85. The first kappa shape index (κ1) is 5.24. The van der Waals surface area contributed by atoms with Gasteiger partial charge in [0.15, 0.2) is 5.69 Å². The molecule has 41 valence electrons. The fraction of sp³-hybridized carbons (Fsp3) is 0. The van der Waals surface area contributed by atoms with Crippen LogP contribution in [0.3, 0.4) is 0 Å². The molecule has 1 heterocycles. The van der Waals surface area contributed by atoms with Crippen molar-refractivity contribution in [1.29, 1.82) is 0 Å². The van der Waals surface area contributed by atoms with Crippen LogP contribution in [0, 0.1) is 5.38 Å². The second kappa shape index (κ2) is 1.92. The topological polar surface area (TPSA) is 50.2 Å². The largest absolute Gasteiger partial charge is 0.476 e. The summed E-state index contributed by atoms with van der Waals surface area (Å²) in [5.74, 6) is -1.02. The van der Waals surface area contributed by atoms with Crippen molar-refractivity contribution >= 4 is 17.3 Å². The van der Waals surface area contributed by atoms with Gasteiger partial charge in [0.2, 0.25) is 0 Å². The first-order chi connectivity index (χ1) is 3.80. The Hall–Kier alpha value is -0.900. The van der Waals surface area contributed by atoms with Crippen molar-refractivity contribution in [3.8, 4) is 0 Å². The Morgan fingerprint density at radius 3 is 3.00 bits per heavy atom. The number of aromatic nitrogens is 1. The highest BCUT2D eigenvalue weighted by Gasteiger charge is 2.01. The van der Waals surface area contributed by atoms with Crippen LogP contribution >= 0.6 is 11.3 Å². The van der Waals surface area contributed by atoms with E-state index in [9.17, 15) is 4.79 Å². The molecule has 0 aliphatic carbocycles. The maximum Gasteiger partial charge on any atom is 0.356 e. The zero-order valence-corrected chi connectivity index (χ0v) is 4.60. The van der Waals surface area contributed by atoms with E-state index in [0.29, 0.717) is 0 Å². The molecular weight excluding hydrogens is 126 g/mol. The molecule has 0 unspecified atom stereocenters. The summed E-state index contributed by atoms with van der Waals surface area (Å²) >= 11 is 1.15. The van der Waals surface area contributed by atoms with Crippen molar-refractivity contribution in [2.75, 3.05) is 0 Å². The van der Waals surface area contributed by atoms with Crippen LogP contribution in [0.5, 0.6) is 0 Å². The Balaban J connectivity index is 2.93. The average molecular weight is 128 g/mol. The maximum atomic E-state index is 9.97. The number of hydrogen-bond donors (Lipinski definition) is 1. The summed E-state index contributed by atoms with van der Waals surface area (Å²) < 4.78 is 0. The number of carboxylic acids is 1. The molecule has 0 amide bonds. The van der Waals surface area contributed by atoms with Crippen LogP contribution in [-0.2, 0) is 0 Å². The maximum absolute atomic E-state index is 9.97. The van der Waals surface area contributed by atoms with E-state index in [-0.39, 0.29) is 5.69 Å². The van der Waals surface area contributed by atoms with Crippen molar-refractivity contribution in [3.63, 3.8) is 0 Å². The molecule has 0 saturated heterocycles. The van der Waals surface area contributed by atoms with E-state index in [1.165, 1.54) is 5.51 Å². The Morgan fingerprint density at radius 2 is 2.75 bits per heavy atom. The molecule has 0 fully saturated rings. The highest BCUT2D eigenvalue weighted by atomic mass is 32.1. The minimum absolute atomic E-state index is 0.00463. The zero-order chi connectivity index (χ0) is 5.98. The Kier molecular flexibility index (Phi) is 1.26. The van der Waals surface area contributed by atoms with Crippen LogP contribution in [0.1, 0.15) is 10.5 Å². The van der Waals surface area contributed by atoms with Gasteiger partial charge in [0, 0.05) is 0 Å². The molecule has 1 rings (SSSR count). The number of rotatable bonds is 1. The molecular formula is C4H2NO2S. The fourth-order valence-corrected chi connectivity index (χ4v) is 0.749. The first-order valence-corrected chi connectivity index (χ1v) is 2.73. The van der Waals surface area contributed by atoms with Gasteiger partial charge < -0.3 is 5.11 Å². The molecule has 0 atom stereocenters. The summed E-state index contributed by atoms with van der Waals surface area (Å²) in [6.45, 7) is 0. The molecule has 0 saturated carbocycles. The van der Waals surface area contributed by atoms with E-state index < -0.39 is 5.97 Å². The van der Waals surface area contributed by atoms with Crippen molar-refractivity contribution in [2.24, 2.45) is 0 Å². The van der Waals surface area contributed by atoms with Crippen molar-refractivity contribution in [3.05, 3.63) is 16.6 Å². The van der Waals surface area contributed by atoms with Crippen LogP contribution < -0.4 is 0 Å². The van der Waals surface area contributed by atoms with E-state index >= 15 is 0 Å².